The first kappa shape index (κ1) is 29.8. The highest BCUT2D eigenvalue weighted by atomic mass is 31.2. The predicted octanol–water partition coefficient (Wildman–Crippen LogP) is 0.990. The number of rotatable bonds is 2. The van der Waals surface area contributed by atoms with Gasteiger partial charge in [-0.15, -0.1) is 0 Å². The van der Waals surface area contributed by atoms with Gasteiger partial charge in [-0.2, -0.15) is 4.98 Å². The minimum atomic E-state index is -5.12. The first-order valence-electron chi connectivity index (χ1n) is 13.5. The van der Waals surface area contributed by atoms with Crippen LogP contribution >= 0.6 is 15.6 Å². The zero-order valence-electron chi connectivity index (χ0n) is 22.9. The summed E-state index contributed by atoms with van der Waals surface area (Å²) in [5, 5.41) is 0. The maximum atomic E-state index is 15.9. The van der Waals surface area contributed by atoms with Gasteiger partial charge in [0.1, 0.15) is 41.8 Å². The Labute approximate surface area is 254 Å². The molecule has 0 radical (unpaired) electrons. The number of imidazole rings is 3. The van der Waals surface area contributed by atoms with E-state index in [1.807, 2.05) is 0 Å². The third-order valence-electron chi connectivity index (χ3n) is 7.70. The van der Waals surface area contributed by atoms with Gasteiger partial charge in [-0.05, 0) is 0 Å². The number of phosphoric acid groups is 2. The molecular weight excluding hydrogens is 664 g/mol. The summed E-state index contributed by atoms with van der Waals surface area (Å²) in [5.41, 5.74) is 6.76. The number of fused-ring (bicyclic) bond motifs is 6. The monoisotopic (exact) mass is 686 g/mol. The smallest absolute Gasteiger partial charge is 0.382 e. The molecule has 3 aliphatic heterocycles. The topological polar surface area (TPSA) is 248 Å². The van der Waals surface area contributed by atoms with Gasteiger partial charge in [-0.25, -0.2) is 42.8 Å². The average molecular weight is 686 g/mol. The van der Waals surface area contributed by atoms with E-state index in [-0.39, 0.29) is 17.0 Å². The lowest BCUT2D eigenvalue weighted by atomic mass is 10.1. The number of hydrogen-bond donors (Lipinski definition) is 3. The van der Waals surface area contributed by atoms with E-state index in [9.17, 15) is 18.9 Å². The van der Waals surface area contributed by atoms with Crippen molar-refractivity contribution in [1.29, 1.82) is 0 Å². The molecule has 20 nitrogen and oxygen atoms in total. The van der Waals surface area contributed by atoms with Gasteiger partial charge in [0.2, 0.25) is 5.78 Å². The van der Waals surface area contributed by atoms with Crippen LogP contribution in [-0.4, -0.2) is 103 Å². The fourth-order valence-electron chi connectivity index (χ4n) is 5.61. The molecule has 24 heteroatoms. The molecule has 8 heterocycles. The number of aromatic nitrogens is 9. The summed E-state index contributed by atoms with van der Waals surface area (Å²) in [5.74, 6) is 0.358. The van der Waals surface area contributed by atoms with Crippen LogP contribution in [0.25, 0.3) is 28.1 Å². The lowest BCUT2D eigenvalue weighted by Crippen LogP contribution is -2.37. The summed E-state index contributed by atoms with van der Waals surface area (Å²) in [7, 11) is -10.2. The van der Waals surface area contributed by atoms with E-state index < -0.39 is 78.1 Å². The van der Waals surface area contributed by atoms with Gasteiger partial charge in [0, 0.05) is 18.6 Å². The third kappa shape index (κ3) is 4.98. The molecule has 5 aromatic heterocycles. The molecule has 0 spiro atoms. The van der Waals surface area contributed by atoms with Crippen molar-refractivity contribution in [3.05, 3.63) is 37.6 Å². The fourth-order valence-corrected chi connectivity index (χ4v) is 7.52. The minimum Gasteiger partial charge on any atom is -0.382 e. The van der Waals surface area contributed by atoms with Gasteiger partial charge >= 0.3 is 15.6 Å². The first-order valence-corrected chi connectivity index (χ1v) is 16.5. The van der Waals surface area contributed by atoms with Crippen LogP contribution in [0.5, 0.6) is 0 Å². The van der Waals surface area contributed by atoms with Crippen LogP contribution in [0.3, 0.4) is 0 Å². The van der Waals surface area contributed by atoms with E-state index >= 15 is 8.78 Å². The van der Waals surface area contributed by atoms with Crippen molar-refractivity contribution in [3.63, 3.8) is 0 Å². The van der Waals surface area contributed by atoms with Gasteiger partial charge < -0.3 is 29.6 Å². The van der Waals surface area contributed by atoms with Crippen molar-refractivity contribution in [2.45, 2.75) is 49.2 Å². The molecule has 0 bridgehead atoms. The maximum Gasteiger partial charge on any atom is 0.472 e. The minimum absolute atomic E-state index is 0.00437. The normalized spacial score (nSPS) is 37.3. The van der Waals surface area contributed by atoms with Crippen molar-refractivity contribution in [2.75, 3.05) is 18.9 Å². The Balaban J connectivity index is 1.07. The third-order valence-corrected chi connectivity index (χ3v) is 9.67. The Kier molecular flexibility index (Phi) is 6.96. The quantitative estimate of drug-likeness (QED) is 0.219. The van der Waals surface area contributed by atoms with Crippen LogP contribution in [0.1, 0.15) is 12.5 Å². The molecule has 244 valence electrons. The number of ether oxygens (including phenoxy) is 2. The van der Waals surface area contributed by atoms with Crippen LogP contribution in [0, 0.1) is 0 Å². The molecule has 3 aliphatic rings. The number of phosphoric ester groups is 2. The second kappa shape index (κ2) is 10.7. The van der Waals surface area contributed by atoms with Crippen LogP contribution in [-0.2, 0) is 36.7 Å². The highest BCUT2D eigenvalue weighted by Gasteiger charge is 2.54. The Morgan fingerprint density at radius 1 is 0.891 bits per heavy atom. The molecule has 3 saturated heterocycles. The number of nitrogen functional groups attached to an aromatic ring is 1. The molecule has 0 aromatic carbocycles. The summed E-state index contributed by atoms with van der Waals surface area (Å²) in [6.07, 6.45) is -6.16. The highest BCUT2D eigenvalue weighted by Crippen LogP contribution is 2.54. The van der Waals surface area contributed by atoms with Crippen LogP contribution in [0.4, 0.5) is 14.6 Å². The van der Waals surface area contributed by atoms with Gasteiger partial charge in [0.15, 0.2) is 41.9 Å². The van der Waals surface area contributed by atoms with Gasteiger partial charge in [-0.3, -0.25) is 27.1 Å². The molecule has 2 unspecified atom stereocenters. The predicted molar refractivity (Wildman–Crippen MR) is 145 cm³/mol. The first-order chi connectivity index (χ1) is 22.0. The molecule has 0 saturated carbocycles. The molecule has 5 aromatic rings. The summed E-state index contributed by atoms with van der Waals surface area (Å²) in [6.45, 7) is -1.77. The van der Waals surface area contributed by atoms with E-state index in [2.05, 4.69) is 29.9 Å². The van der Waals surface area contributed by atoms with Crippen LogP contribution in [0.2, 0.25) is 0 Å². The zero-order chi connectivity index (χ0) is 32.0. The number of hydrogen-bond acceptors (Lipinski definition) is 15. The Bertz CT molecular complexity index is 2060. The van der Waals surface area contributed by atoms with E-state index in [0.717, 1.165) is 17.2 Å². The molecule has 3 fully saturated rings. The van der Waals surface area contributed by atoms with Crippen LogP contribution in [0.15, 0.2) is 37.6 Å². The number of halogens is 2. The Hall–Kier alpha value is -3.56. The van der Waals surface area contributed by atoms with Gasteiger partial charge in [-0.1, -0.05) is 0 Å². The Morgan fingerprint density at radius 2 is 1.57 bits per heavy atom. The lowest BCUT2D eigenvalue weighted by molar-refractivity contribution is -0.0667. The van der Waals surface area contributed by atoms with Gasteiger partial charge in [0.25, 0.3) is 0 Å². The van der Waals surface area contributed by atoms with E-state index in [4.69, 9.17) is 33.3 Å². The lowest BCUT2D eigenvalue weighted by Gasteiger charge is -2.27. The van der Waals surface area contributed by atoms with E-state index in [1.54, 1.807) is 10.6 Å². The summed E-state index contributed by atoms with van der Waals surface area (Å²) >= 11 is 0. The fraction of sp³-hybridized carbons (Fsp3) is 0.455. The van der Waals surface area contributed by atoms with Crippen molar-refractivity contribution < 1.29 is 55.3 Å². The van der Waals surface area contributed by atoms with E-state index in [0.29, 0.717) is 16.9 Å². The number of nitrogens with zero attached hydrogens (tertiary/aromatic N) is 9. The van der Waals surface area contributed by atoms with Crippen molar-refractivity contribution >= 4 is 49.6 Å². The summed E-state index contributed by atoms with van der Waals surface area (Å²) in [4.78, 5) is 45.5. The molecule has 0 aliphatic carbocycles. The Morgan fingerprint density at radius 3 is 2.28 bits per heavy atom. The molecule has 4 N–H and O–H groups in total. The number of alkyl halides is 2. The van der Waals surface area contributed by atoms with Crippen molar-refractivity contribution in [3.8, 4) is 0 Å². The second-order valence-electron chi connectivity index (χ2n) is 10.5. The van der Waals surface area contributed by atoms with Crippen molar-refractivity contribution in [1.82, 2.24) is 43.4 Å². The van der Waals surface area contributed by atoms with Gasteiger partial charge in [0.05, 0.1) is 25.9 Å². The zero-order valence-corrected chi connectivity index (χ0v) is 24.7. The highest BCUT2D eigenvalue weighted by molar-refractivity contribution is 7.47. The number of anilines is 1. The summed E-state index contributed by atoms with van der Waals surface area (Å²) < 4.78 is 93.8. The number of nitrogens with two attached hydrogens (primary N) is 1. The second-order valence-corrected chi connectivity index (χ2v) is 13.3. The SMILES string of the molecule is Nc1ncnc2c1ncn2[C@@H]1O[C@@H]2COP(=O)(O)O[C@H]3[C@@H](F)[C@H](n4cnc5nc6nccn6c5c4)O[C@@H]3COP(=O)(O)O[C@H]2[C@H]1F. The summed E-state index contributed by atoms with van der Waals surface area (Å²) in [6, 6.07) is 0. The van der Waals surface area contributed by atoms with Crippen LogP contribution < -0.4 is 5.73 Å². The molecule has 8 rings (SSSR count). The standard InChI is InChI=1S/C22H22F2N10O10P2/c23-12-15-10(41-20(12)32-3-9-18(30-7-32)31-22-26-1-2-33(9)22)4-39-46(37,38)44-16-11(5-40-45(35,36)43-15)42-21(13(16)24)34-8-29-14-17(25)27-6-28-19(14)34/h1-3,6-8,10-13,15-16,20-21H,4-5H2,(H,35,36)(H,37,38)(H2,25,27,28)/t10-,11-,12-,13-,15-,16-,20-,21-/m1/s1. The maximum absolute atomic E-state index is 15.9. The van der Waals surface area contributed by atoms with Crippen molar-refractivity contribution in [2.24, 2.45) is 0 Å². The molecule has 46 heavy (non-hydrogen) atoms. The largest absolute Gasteiger partial charge is 0.472 e. The van der Waals surface area contributed by atoms with E-state index in [1.165, 1.54) is 23.3 Å². The average Bonchev–Trinajstić information content (AvgIpc) is 3.82. The molecule has 10 atom stereocenters. The molecule has 0 amide bonds. The molecular formula is C22H22F2N10O10P2.